The molecule has 0 bridgehead atoms. The van der Waals surface area contributed by atoms with Crippen LogP contribution in [-0.2, 0) is 10.8 Å². The van der Waals surface area contributed by atoms with E-state index in [0.29, 0.717) is 0 Å². The minimum absolute atomic E-state index is 0.0754. The van der Waals surface area contributed by atoms with E-state index in [4.69, 9.17) is 0 Å². The molecule has 7 aromatic rings. The van der Waals surface area contributed by atoms with E-state index < -0.39 is 5.41 Å². The van der Waals surface area contributed by atoms with Crippen LogP contribution in [0.25, 0.3) is 34.4 Å². The molecule has 3 aliphatic carbocycles. The first-order valence-electron chi connectivity index (χ1n) is 21.0. The Bertz CT molecular complexity index is 2690. The molecule has 0 saturated heterocycles. The number of rotatable bonds is 9. The molecule has 0 amide bonds. The van der Waals surface area contributed by atoms with Gasteiger partial charge in [-0.3, -0.25) is 0 Å². The van der Waals surface area contributed by atoms with Crippen molar-refractivity contribution >= 4 is 23.5 Å². The molecule has 0 fully saturated rings. The van der Waals surface area contributed by atoms with Gasteiger partial charge in [0.1, 0.15) is 0 Å². The van der Waals surface area contributed by atoms with Crippen LogP contribution < -0.4 is 4.90 Å². The minimum atomic E-state index is -0.407. The van der Waals surface area contributed by atoms with Crippen molar-refractivity contribution in [1.82, 2.24) is 0 Å². The van der Waals surface area contributed by atoms with E-state index in [-0.39, 0.29) is 11.0 Å². The maximum atomic E-state index is 2.54. The van der Waals surface area contributed by atoms with E-state index in [2.05, 4.69) is 232 Å². The quantitative estimate of drug-likeness (QED) is 0.133. The number of allylic oxidation sites excluding steroid dienone is 2. The van der Waals surface area contributed by atoms with E-state index in [9.17, 15) is 0 Å². The molecular formula is C57H49N. The van der Waals surface area contributed by atoms with Crippen molar-refractivity contribution in [2.45, 2.75) is 56.4 Å². The van der Waals surface area contributed by atoms with Gasteiger partial charge in [-0.1, -0.05) is 196 Å². The first-order chi connectivity index (χ1) is 28.5. The summed E-state index contributed by atoms with van der Waals surface area (Å²) in [6.07, 6.45) is 16.7. The molecule has 282 valence electrons. The predicted octanol–water partition coefficient (Wildman–Crippen LogP) is 14.7. The highest BCUT2D eigenvalue weighted by Gasteiger charge is 2.47. The molecule has 0 N–H and O–H groups in total. The van der Waals surface area contributed by atoms with Gasteiger partial charge in [0.25, 0.3) is 0 Å². The molecule has 0 aliphatic heterocycles. The van der Waals surface area contributed by atoms with Crippen molar-refractivity contribution in [3.63, 3.8) is 0 Å². The van der Waals surface area contributed by atoms with Crippen LogP contribution in [0.5, 0.6) is 0 Å². The van der Waals surface area contributed by atoms with Crippen LogP contribution in [0.1, 0.15) is 84.5 Å². The van der Waals surface area contributed by atoms with Gasteiger partial charge in [0.2, 0.25) is 0 Å². The first kappa shape index (κ1) is 35.9. The van der Waals surface area contributed by atoms with E-state index in [1.807, 2.05) is 0 Å². The van der Waals surface area contributed by atoms with Gasteiger partial charge in [-0.15, -0.1) is 0 Å². The highest BCUT2D eigenvalue weighted by Crippen LogP contribution is 2.58. The summed E-state index contributed by atoms with van der Waals surface area (Å²) in [6.45, 7) is 7.11. The Labute approximate surface area is 344 Å². The molecule has 1 nitrogen and oxygen atoms in total. The van der Waals surface area contributed by atoms with Crippen molar-refractivity contribution in [1.29, 1.82) is 0 Å². The molecule has 0 aromatic heterocycles. The van der Waals surface area contributed by atoms with Gasteiger partial charge in [-0.2, -0.15) is 0 Å². The zero-order chi connectivity index (χ0) is 39.3. The van der Waals surface area contributed by atoms with E-state index >= 15 is 0 Å². The normalized spacial score (nSPS) is 17.8. The predicted molar refractivity (Wildman–Crippen MR) is 246 cm³/mol. The molecule has 7 aromatic carbocycles. The maximum Gasteiger partial charge on any atom is 0.0713 e. The Balaban J connectivity index is 1.07. The summed E-state index contributed by atoms with van der Waals surface area (Å²) in [5, 5.41) is 0. The van der Waals surface area contributed by atoms with E-state index in [1.54, 1.807) is 0 Å². The van der Waals surface area contributed by atoms with Crippen LogP contribution >= 0.6 is 0 Å². The topological polar surface area (TPSA) is 3.24 Å². The van der Waals surface area contributed by atoms with Gasteiger partial charge >= 0.3 is 0 Å². The number of para-hydroxylation sites is 1. The number of fused-ring (bicyclic) bond motifs is 6. The third-order valence-electron chi connectivity index (χ3n) is 13.6. The molecule has 0 radical (unpaired) electrons. The largest absolute Gasteiger partial charge is 0.332 e. The number of nitrogens with zero attached hydrogens (tertiary/aromatic N) is 1. The van der Waals surface area contributed by atoms with Crippen LogP contribution in [0, 0.1) is 0 Å². The molecule has 0 saturated carbocycles. The van der Waals surface area contributed by atoms with Crippen LogP contribution in [0.2, 0.25) is 0 Å². The highest BCUT2D eigenvalue weighted by atomic mass is 15.2. The number of hydrogen-bond acceptors (Lipinski definition) is 1. The standard InChI is InChI=1S/C57H49N/c1-4-56(5-2)52-39-41(32-35-47(52)48-36-34-46(40-53(48)56)58(45-26-14-8-15-27-45)55(3)37-18-9-19-38-55)31-33-42-21-20-30-51-54(42)49-28-16-17-29-50(49)57(51,43-22-10-6-11-23-43)44-24-12-7-13-25-44/h6-37,39-40H,4-5,38H2,1-3H3. The average molecular weight is 748 g/mol. The second kappa shape index (κ2) is 14.2. The highest BCUT2D eigenvalue weighted by molar-refractivity contribution is 5.93. The van der Waals surface area contributed by atoms with Gasteiger partial charge < -0.3 is 4.90 Å². The summed E-state index contributed by atoms with van der Waals surface area (Å²) in [4.78, 5) is 2.54. The molecular weight excluding hydrogens is 699 g/mol. The molecule has 0 spiro atoms. The Morgan fingerprint density at radius 1 is 0.517 bits per heavy atom. The smallest absolute Gasteiger partial charge is 0.0713 e. The summed E-state index contributed by atoms with van der Waals surface area (Å²) in [6, 6.07) is 63.4. The minimum Gasteiger partial charge on any atom is -0.332 e. The second-order valence-electron chi connectivity index (χ2n) is 16.5. The molecule has 1 heteroatoms. The summed E-state index contributed by atoms with van der Waals surface area (Å²) in [5.74, 6) is 0. The lowest BCUT2D eigenvalue weighted by Crippen LogP contribution is -2.42. The second-order valence-corrected chi connectivity index (χ2v) is 16.5. The summed E-state index contributed by atoms with van der Waals surface area (Å²) in [5.41, 5.74) is 17.8. The fourth-order valence-electron chi connectivity index (χ4n) is 10.8. The number of hydrogen-bond donors (Lipinski definition) is 0. The van der Waals surface area contributed by atoms with Crippen molar-refractivity contribution < 1.29 is 0 Å². The molecule has 3 aliphatic rings. The molecule has 1 unspecified atom stereocenters. The number of anilines is 2. The summed E-state index contributed by atoms with van der Waals surface area (Å²) in [7, 11) is 0. The Morgan fingerprint density at radius 2 is 1.14 bits per heavy atom. The van der Waals surface area contributed by atoms with Gasteiger partial charge in [-0.25, -0.2) is 0 Å². The van der Waals surface area contributed by atoms with Gasteiger partial charge in [0.15, 0.2) is 0 Å². The Morgan fingerprint density at radius 3 is 1.81 bits per heavy atom. The van der Waals surface area contributed by atoms with E-state index in [1.165, 1.54) is 78.1 Å². The lowest BCUT2D eigenvalue weighted by Gasteiger charge is -2.42. The lowest BCUT2D eigenvalue weighted by molar-refractivity contribution is 0.490. The van der Waals surface area contributed by atoms with E-state index in [0.717, 1.165) is 19.3 Å². The van der Waals surface area contributed by atoms with Crippen molar-refractivity contribution in [2.75, 3.05) is 4.90 Å². The van der Waals surface area contributed by atoms with Crippen LogP contribution in [0.4, 0.5) is 11.4 Å². The summed E-state index contributed by atoms with van der Waals surface area (Å²) >= 11 is 0. The van der Waals surface area contributed by atoms with Crippen LogP contribution in [0.3, 0.4) is 0 Å². The molecule has 58 heavy (non-hydrogen) atoms. The molecule has 1 atom stereocenters. The van der Waals surface area contributed by atoms with Crippen molar-refractivity contribution in [2.24, 2.45) is 0 Å². The number of benzene rings is 7. The van der Waals surface area contributed by atoms with Gasteiger partial charge in [0.05, 0.1) is 11.0 Å². The molecule has 10 rings (SSSR count). The SMILES string of the molecule is CCC1(CC)c2cc(C=Cc3cccc4c3-c3ccccc3C4(c3ccccc3)c3ccccc3)ccc2-c2ccc(N(c3ccccc3)C3(C)C=CC=CC3)cc21. The fourth-order valence-corrected chi connectivity index (χ4v) is 10.8. The van der Waals surface area contributed by atoms with Crippen molar-refractivity contribution in [3.05, 3.63) is 239 Å². The third-order valence-corrected chi connectivity index (χ3v) is 13.6. The van der Waals surface area contributed by atoms with Crippen molar-refractivity contribution in [3.8, 4) is 22.3 Å². The average Bonchev–Trinajstić information content (AvgIpc) is 3.74. The van der Waals surface area contributed by atoms with Crippen LogP contribution in [0.15, 0.2) is 194 Å². The zero-order valence-corrected chi connectivity index (χ0v) is 33.7. The Hall–Kier alpha value is -6.44. The van der Waals surface area contributed by atoms with Crippen LogP contribution in [-0.4, -0.2) is 5.54 Å². The summed E-state index contributed by atoms with van der Waals surface area (Å²) < 4.78 is 0. The first-order valence-corrected chi connectivity index (χ1v) is 21.0. The third kappa shape index (κ3) is 5.37. The Kier molecular flexibility index (Phi) is 8.79. The zero-order valence-electron chi connectivity index (χ0n) is 33.7. The van der Waals surface area contributed by atoms with Gasteiger partial charge in [-0.05, 0) is 117 Å². The fraction of sp³-hybridized carbons (Fsp3) is 0.158. The maximum absolute atomic E-state index is 2.54. The molecule has 0 heterocycles. The van der Waals surface area contributed by atoms with Gasteiger partial charge in [0, 0.05) is 16.8 Å². The monoisotopic (exact) mass is 747 g/mol. The lowest BCUT2D eigenvalue weighted by atomic mass is 9.67.